The van der Waals surface area contributed by atoms with Crippen molar-refractivity contribution < 1.29 is 13.2 Å². The molecule has 6 heteroatoms. The lowest BCUT2D eigenvalue weighted by molar-refractivity contribution is 0.0981. The van der Waals surface area contributed by atoms with Gasteiger partial charge in [0.25, 0.3) is 5.91 Å². The molecule has 0 spiro atoms. The van der Waals surface area contributed by atoms with Crippen LogP contribution in [0.4, 0.5) is 5.69 Å². The number of fused-ring (bicyclic) bond motifs is 1. The molecule has 0 aromatic heterocycles. The van der Waals surface area contributed by atoms with Crippen molar-refractivity contribution in [3.05, 3.63) is 59.7 Å². The third kappa shape index (κ3) is 3.45. The zero-order chi connectivity index (χ0) is 18.0. The third-order valence-corrected chi connectivity index (χ3v) is 5.82. The maximum Gasteiger partial charge on any atom is 0.258 e. The Balaban J connectivity index is 1.93. The summed E-state index contributed by atoms with van der Waals surface area (Å²) in [6.45, 7) is 4.30. The number of carbonyl (C=O) groups is 1. The van der Waals surface area contributed by atoms with Crippen molar-refractivity contribution in [3.63, 3.8) is 0 Å². The van der Waals surface area contributed by atoms with E-state index in [9.17, 15) is 13.2 Å². The number of hydrogen-bond acceptors (Lipinski definition) is 3. The highest BCUT2D eigenvalue weighted by Crippen LogP contribution is 2.34. The van der Waals surface area contributed by atoms with E-state index in [-0.39, 0.29) is 16.8 Å². The fourth-order valence-corrected chi connectivity index (χ4v) is 4.31. The smallest absolute Gasteiger partial charge is 0.258 e. The van der Waals surface area contributed by atoms with Crippen LogP contribution in [0.5, 0.6) is 0 Å². The fourth-order valence-electron chi connectivity index (χ4n) is 3.12. The van der Waals surface area contributed by atoms with Crippen molar-refractivity contribution in [2.45, 2.75) is 37.6 Å². The van der Waals surface area contributed by atoms with Gasteiger partial charge in [-0.3, -0.25) is 4.79 Å². The van der Waals surface area contributed by atoms with Gasteiger partial charge in [0, 0.05) is 23.8 Å². The minimum absolute atomic E-state index is 0.00994. The highest BCUT2D eigenvalue weighted by atomic mass is 32.2. The topological polar surface area (TPSA) is 66.5 Å². The first-order valence-electron chi connectivity index (χ1n) is 8.45. The van der Waals surface area contributed by atoms with Gasteiger partial charge in [0.2, 0.25) is 10.0 Å². The van der Waals surface area contributed by atoms with Gasteiger partial charge in [0.05, 0.1) is 4.90 Å². The molecule has 0 saturated heterocycles. The van der Waals surface area contributed by atoms with Crippen molar-refractivity contribution in [2.75, 3.05) is 11.4 Å². The molecule has 0 saturated carbocycles. The van der Waals surface area contributed by atoms with Crippen LogP contribution >= 0.6 is 0 Å². The van der Waals surface area contributed by atoms with Gasteiger partial charge in [-0.15, -0.1) is 0 Å². The number of nitrogens with one attached hydrogen (secondary N) is 1. The number of amides is 1. The van der Waals surface area contributed by atoms with Crippen molar-refractivity contribution in [1.29, 1.82) is 0 Å². The summed E-state index contributed by atoms with van der Waals surface area (Å²) >= 11 is 0. The van der Waals surface area contributed by atoms with Crippen LogP contribution in [0, 0.1) is 0 Å². The van der Waals surface area contributed by atoms with Crippen molar-refractivity contribution >= 4 is 21.6 Å². The summed E-state index contributed by atoms with van der Waals surface area (Å²) in [4.78, 5) is 14.8. The number of carbonyl (C=O) groups excluding carboxylic acids is 1. The van der Waals surface area contributed by atoms with Gasteiger partial charge in [-0.1, -0.05) is 25.1 Å². The average molecular weight is 358 g/mol. The van der Waals surface area contributed by atoms with Crippen LogP contribution in [0.25, 0.3) is 0 Å². The fraction of sp³-hybridized carbons (Fsp3) is 0.316. The highest BCUT2D eigenvalue weighted by molar-refractivity contribution is 7.89. The van der Waals surface area contributed by atoms with E-state index in [0.717, 1.165) is 17.7 Å². The van der Waals surface area contributed by atoms with Gasteiger partial charge in [0.1, 0.15) is 0 Å². The molecular weight excluding hydrogens is 336 g/mol. The number of hydrogen-bond donors (Lipinski definition) is 1. The number of sulfonamides is 1. The molecule has 1 heterocycles. The van der Waals surface area contributed by atoms with Crippen molar-refractivity contribution in [3.8, 4) is 0 Å². The Bertz CT molecular complexity index is 879. The van der Waals surface area contributed by atoms with Crippen LogP contribution in [-0.4, -0.2) is 26.9 Å². The first kappa shape index (κ1) is 17.6. The molecular formula is C19H22N2O3S. The monoisotopic (exact) mass is 358 g/mol. The Morgan fingerprint density at radius 3 is 2.60 bits per heavy atom. The maximum absolute atomic E-state index is 12.8. The SMILES string of the molecule is CCCNS(=O)(=O)c1ccc2c(c1)C[C@@H](C)N2C(=O)c1ccccc1. The summed E-state index contributed by atoms with van der Waals surface area (Å²) in [7, 11) is -3.50. The lowest BCUT2D eigenvalue weighted by Gasteiger charge is -2.23. The summed E-state index contributed by atoms with van der Waals surface area (Å²) < 4.78 is 27.2. The van der Waals surface area contributed by atoms with Crippen molar-refractivity contribution in [1.82, 2.24) is 4.72 Å². The second-order valence-electron chi connectivity index (χ2n) is 6.28. The molecule has 3 rings (SSSR count). The molecule has 2 aromatic carbocycles. The molecule has 1 aliphatic rings. The number of nitrogens with zero attached hydrogens (tertiary/aromatic N) is 1. The standard InChI is InChI=1S/C19H22N2O3S/c1-3-11-20-25(23,24)17-9-10-18-16(13-17)12-14(2)21(18)19(22)15-7-5-4-6-8-15/h4-10,13-14,20H,3,11-12H2,1-2H3/t14-/m1/s1. The van der Waals surface area contributed by atoms with Crippen LogP contribution in [0.15, 0.2) is 53.4 Å². The first-order chi connectivity index (χ1) is 11.9. The van der Waals surface area contributed by atoms with Crippen LogP contribution < -0.4 is 9.62 Å². The van der Waals surface area contributed by atoms with E-state index in [0.29, 0.717) is 18.5 Å². The third-order valence-electron chi connectivity index (χ3n) is 4.36. The quantitative estimate of drug-likeness (QED) is 0.893. The normalized spacial score (nSPS) is 16.7. The highest BCUT2D eigenvalue weighted by Gasteiger charge is 2.32. The molecule has 1 atom stereocenters. The lowest BCUT2D eigenvalue weighted by atomic mass is 10.1. The van der Waals surface area contributed by atoms with E-state index in [1.807, 2.05) is 32.0 Å². The summed E-state index contributed by atoms with van der Waals surface area (Å²) in [6, 6.07) is 14.1. The molecule has 132 valence electrons. The number of rotatable bonds is 5. The largest absolute Gasteiger partial charge is 0.305 e. The molecule has 0 fully saturated rings. The second-order valence-corrected chi connectivity index (χ2v) is 8.05. The Kier molecular flexibility index (Phi) is 4.92. The van der Waals surface area contributed by atoms with E-state index in [1.165, 1.54) is 0 Å². The molecule has 25 heavy (non-hydrogen) atoms. The minimum atomic E-state index is -3.50. The first-order valence-corrected chi connectivity index (χ1v) is 9.93. The average Bonchev–Trinajstić information content (AvgIpc) is 2.95. The summed E-state index contributed by atoms with van der Waals surface area (Å²) in [5.74, 6) is -0.0634. The molecule has 5 nitrogen and oxygen atoms in total. The predicted molar refractivity (Wildman–Crippen MR) is 98.3 cm³/mol. The van der Waals surface area contributed by atoms with E-state index in [2.05, 4.69) is 4.72 Å². The molecule has 0 bridgehead atoms. The summed E-state index contributed by atoms with van der Waals surface area (Å²) in [6.07, 6.45) is 1.38. The predicted octanol–water partition coefficient (Wildman–Crippen LogP) is 2.97. The van der Waals surface area contributed by atoms with Crippen LogP contribution in [0.3, 0.4) is 0 Å². The molecule has 2 aromatic rings. The second kappa shape index (κ2) is 6.98. The molecule has 1 aliphatic heterocycles. The zero-order valence-electron chi connectivity index (χ0n) is 14.4. The van der Waals surface area contributed by atoms with E-state index in [4.69, 9.17) is 0 Å². The Morgan fingerprint density at radius 1 is 1.20 bits per heavy atom. The van der Waals surface area contributed by atoms with E-state index < -0.39 is 10.0 Å². The van der Waals surface area contributed by atoms with Crippen LogP contribution in [-0.2, 0) is 16.4 Å². The molecule has 1 N–H and O–H groups in total. The van der Waals surface area contributed by atoms with Gasteiger partial charge < -0.3 is 4.90 Å². The van der Waals surface area contributed by atoms with E-state index >= 15 is 0 Å². The van der Waals surface area contributed by atoms with Gasteiger partial charge in [0.15, 0.2) is 0 Å². The van der Waals surface area contributed by atoms with Crippen LogP contribution in [0.2, 0.25) is 0 Å². The minimum Gasteiger partial charge on any atom is -0.305 e. The Hall–Kier alpha value is -2.18. The molecule has 1 amide bonds. The zero-order valence-corrected chi connectivity index (χ0v) is 15.2. The lowest BCUT2D eigenvalue weighted by Crippen LogP contribution is -2.35. The Labute approximate surface area is 148 Å². The van der Waals surface area contributed by atoms with Gasteiger partial charge in [-0.05, 0) is 55.7 Å². The maximum atomic E-state index is 12.8. The van der Waals surface area contributed by atoms with Gasteiger partial charge >= 0.3 is 0 Å². The number of benzene rings is 2. The molecule has 0 aliphatic carbocycles. The van der Waals surface area contributed by atoms with Crippen LogP contribution in [0.1, 0.15) is 36.2 Å². The summed E-state index contributed by atoms with van der Waals surface area (Å²) in [5.41, 5.74) is 2.30. The molecule has 0 unspecified atom stereocenters. The Morgan fingerprint density at radius 2 is 1.92 bits per heavy atom. The van der Waals surface area contributed by atoms with E-state index in [1.54, 1.807) is 35.2 Å². The molecule has 0 radical (unpaired) electrons. The van der Waals surface area contributed by atoms with Gasteiger partial charge in [-0.2, -0.15) is 0 Å². The van der Waals surface area contributed by atoms with Gasteiger partial charge in [-0.25, -0.2) is 13.1 Å². The summed E-state index contributed by atoms with van der Waals surface area (Å²) in [5, 5.41) is 0. The van der Waals surface area contributed by atoms with Crippen molar-refractivity contribution in [2.24, 2.45) is 0 Å². The number of anilines is 1.